The molecule has 1 aliphatic rings. The molecule has 0 bridgehead atoms. The second kappa shape index (κ2) is 4.29. The molecule has 2 N–H and O–H groups in total. The van der Waals surface area contributed by atoms with Crippen molar-refractivity contribution in [2.75, 3.05) is 6.54 Å². The van der Waals surface area contributed by atoms with E-state index < -0.39 is 0 Å². The summed E-state index contributed by atoms with van der Waals surface area (Å²) in [6.07, 6.45) is 3.79. The fourth-order valence-corrected chi connectivity index (χ4v) is 2.55. The highest BCUT2D eigenvalue weighted by Gasteiger charge is 2.29. The number of imidazole rings is 1. The Morgan fingerprint density at radius 3 is 2.76 bits per heavy atom. The first-order chi connectivity index (χ1) is 7.91. The Balaban J connectivity index is 2.47. The van der Waals surface area contributed by atoms with Crippen LogP contribution in [-0.2, 0) is 10.2 Å². The molecule has 1 fully saturated rings. The van der Waals surface area contributed by atoms with E-state index in [-0.39, 0.29) is 17.4 Å². The average Bonchev–Trinajstić information content (AvgIpc) is 2.60. The maximum Gasteiger partial charge on any atom is 0.243 e. The quantitative estimate of drug-likeness (QED) is 0.754. The Hall–Kier alpha value is -1.10. The van der Waals surface area contributed by atoms with Gasteiger partial charge in [0.25, 0.3) is 0 Å². The summed E-state index contributed by atoms with van der Waals surface area (Å²) >= 11 is 5.30. The molecular weight excluding hydrogens is 234 g/mol. The van der Waals surface area contributed by atoms with Crippen molar-refractivity contribution in [3.8, 4) is 0 Å². The molecule has 4 nitrogen and oxygen atoms in total. The third-order valence-electron chi connectivity index (χ3n) is 3.15. The molecule has 1 saturated heterocycles. The summed E-state index contributed by atoms with van der Waals surface area (Å²) in [6, 6.07) is -0.156. The highest BCUT2D eigenvalue weighted by Crippen LogP contribution is 2.28. The monoisotopic (exact) mass is 253 g/mol. The Bertz CT molecular complexity index is 481. The average molecular weight is 253 g/mol. The topological polar surface area (TPSA) is 49.8 Å². The zero-order valence-corrected chi connectivity index (χ0v) is 11.4. The lowest BCUT2D eigenvalue weighted by atomic mass is 9.91. The summed E-state index contributed by atoms with van der Waals surface area (Å²) in [6.45, 7) is 7.16. The van der Waals surface area contributed by atoms with Gasteiger partial charge in [-0.3, -0.25) is 4.79 Å². The number of hydrogen-bond acceptors (Lipinski definition) is 2. The number of carbonyl (C=O) groups is 1. The van der Waals surface area contributed by atoms with Gasteiger partial charge in [0.05, 0.1) is 0 Å². The van der Waals surface area contributed by atoms with Gasteiger partial charge in [-0.1, -0.05) is 20.8 Å². The first-order valence-corrected chi connectivity index (χ1v) is 6.40. The first-order valence-electron chi connectivity index (χ1n) is 5.99. The van der Waals surface area contributed by atoms with Crippen molar-refractivity contribution < 1.29 is 4.79 Å². The Kier molecular flexibility index (Phi) is 3.12. The molecule has 17 heavy (non-hydrogen) atoms. The summed E-state index contributed by atoms with van der Waals surface area (Å²) in [4.78, 5) is 15.0. The van der Waals surface area contributed by atoms with E-state index in [1.165, 1.54) is 0 Å². The molecule has 1 atom stereocenters. The standard InChI is InChI=1S/C12H19N3OS/c1-12(2,3)9-7-14-11(17)15(9)8-5-4-6-13-10(8)16/h7-8H,4-6H2,1-3H3,(H,13,16)(H,14,17). The van der Waals surface area contributed by atoms with Crippen molar-refractivity contribution in [3.05, 3.63) is 16.7 Å². The van der Waals surface area contributed by atoms with E-state index in [4.69, 9.17) is 12.2 Å². The van der Waals surface area contributed by atoms with Crippen molar-refractivity contribution in [1.29, 1.82) is 0 Å². The van der Waals surface area contributed by atoms with Crippen LogP contribution >= 0.6 is 12.2 Å². The number of H-pyrrole nitrogens is 1. The number of nitrogens with zero attached hydrogens (tertiary/aromatic N) is 1. The van der Waals surface area contributed by atoms with Crippen LogP contribution in [0.1, 0.15) is 45.3 Å². The van der Waals surface area contributed by atoms with Crippen LogP contribution in [-0.4, -0.2) is 22.0 Å². The predicted octanol–water partition coefficient (Wildman–Crippen LogP) is 2.29. The number of hydrogen-bond donors (Lipinski definition) is 2. The molecule has 0 aliphatic carbocycles. The summed E-state index contributed by atoms with van der Waals surface area (Å²) in [5.74, 6) is 0.0810. The summed E-state index contributed by atoms with van der Waals surface area (Å²) < 4.78 is 2.61. The molecule has 5 heteroatoms. The second-order valence-electron chi connectivity index (χ2n) is 5.55. The SMILES string of the molecule is CC(C)(C)c1c[nH]c(=S)n1C1CCCNC1=O. The third kappa shape index (κ3) is 2.29. The Morgan fingerprint density at radius 1 is 1.47 bits per heavy atom. The van der Waals surface area contributed by atoms with Crippen molar-refractivity contribution >= 4 is 18.1 Å². The van der Waals surface area contributed by atoms with E-state index in [9.17, 15) is 4.79 Å². The molecule has 1 aromatic rings. The summed E-state index contributed by atoms with van der Waals surface area (Å²) in [7, 11) is 0. The fourth-order valence-electron chi connectivity index (χ4n) is 2.27. The fraction of sp³-hybridized carbons (Fsp3) is 0.667. The molecule has 2 rings (SSSR count). The number of nitrogens with one attached hydrogen (secondary N) is 2. The van der Waals surface area contributed by atoms with Crippen molar-refractivity contribution in [1.82, 2.24) is 14.9 Å². The van der Waals surface area contributed by atoms with Gasteiger partial charge in [-0.15, -0.1) is 0 Å². The highest BCUT2D eigenvalue weighted by atomic mass is 32.1. The van der Waals surface area contributed by atoms with E-state index in [1.54, 1.807) is 0 Å². The number of carbonyl (C=O) groups excluding carboxylic acids is 1. The molecule has 1 unspecified atom stereocenters. The van der Waals surface area contributed by atoms with E-state index in [0.717, 1.165) is 25.1 Å². The predicted molar refractivity (Wildman–Crippen MR) is 69.6 cm³/mol. The highest BCUT2D eigenvalue weighted by molar-refractivity contribution is 7.71. The van der Waals surface area contributed by atoms with Crippen molar-refractivity contribution in [2.45, 2.75) is 45.1 Å². The molecule has 2 heterocycles. The van der Waals surface area contributed by atoms with Gasteiger partial charge in [-0.05, 0) is 25.1 Å². The summed E-state index contributed by atoms with van der Waals surface area (Å²) in [5.41, 5.74) is 1.07. The Labute approximate surface area is 106 Å². The smallest absolute Gasteiger partial charge is 0.243 e. The van der Waals surface area contributed by atoms with E-state index >= 15 is 0 Å². The van der Waals surface area contributed by atoms with Crippen LogP contribution in [0, 0.1) is 4.77 Å². The number of aromatic amines is 1. The van der Waals surface area contributed by atoms with Gasteiger partial charge in [0, 0.05) is 23.9 Å². The molecule has 0 spiro atoms. The number of piperidine rings is 1. The maximum atomic E-state index is 11.9. The molecule has 94 valence electrons. The first kappa shape index (κ1) is 12.4. The zero-order chi connectivity index (χ0) is 12.6. The van der Waals surface area contributed by atoms with E-state index in [1.807, 2.05) is 10.8 Å². The summed E-state index contributed by atoms with van der Waals surface area (Å²) in [5, 5.41) is 2.91. The van der Waals surface area contributed by atoms with Gasteiger partial charge in [0.15, 0.2) is 4.77 Å². The normalized spacial score (nSPS) is 21.4. The van der Waals surface area contributed by atoms with Crippen LogP contribution in [0.3, 0.4) is 0 Å². The van der Waals surface area contributed by atoms with Gasteiger partial charge < -0.3 is 14.9 Å². The lowest BCUT2D eigenvalue weighted by Gasteiger charge is -2.28. The van der Waals surface area contributed by atoms with Gasteiger partial charge >= 0.3 is 0 Å². The van der Waals surface area contributed by atoms with Gasteiger partial charge in [-0.2, -0.15) is 0 Å². The van der Waals surface area contributed by atoms with Gasteiger partial charge in [0.1, 0.15) is 6.04 Å². The third-order valence-corrected chi connectivity index (χ3v) is 3.46. The molecule has 1 aliphatic heterocycles. The Morgan fingerprint density at radius 2 is 2.18 bits per heavy atom. The van der Waals surface area contributed by atoms with Crippen LogP contribution < -0.4 is 5.32 Å². The van der Waals surface area contributed by atoms with Crippen molar-refractivity contribution in [2.24, 2.45) is 0 Å². The van der Waals surface area contributed by atoms with E-state index in [2.05, 4.69) is 31.1 Å². The minimum Gasteiger partial charge on any atom is -0.354 e. The molecule has 0 aromatic carbocycles. The molecular formula is C12H19N3OS. The van der Waals surface area contributed by atoms with Gasteiger partial charge in [0.2, 0.25) is 5.91 Å². The van der Waals surface area contributed by atoms with Gasteiger partial charge in [-0.25, -0.2) is 0 Å². The van der Waals surface area contributed by atoms with Crippen LogP contribution in [0.15, 0.2) is 6.20 Å². The molecule has 1 aromatic heterocycles. The molecule has 0 saturated carbocycles. The lowest BCUT2D eigenvalue weighted by Crippen LogP contribution is -2.39. The van der Waals surface area contributed by atoms with Crippen molar-refractivity contribution in [3.63, 3.8) is 0 Å². The lowest BCUT2D eigenvalue weighted by molar-refractivity contribution is -0.125. The number of rotatable bonds is 1. The minimum atomic E-state index is -0.156. The van der Waals surface area contributed by atoms with Crippen LogP contribution in [0.4, 0.5) is 0 Å². The second-order valence-corrected chi connectivity index (χ2v) is 5.93. The minimum absolute atomic E-state index is 0.0225. The number of amides is 1. The van der Waals surface area contributed by atoms with Crippen LogP contribution in [0.5, 0.6) is 0 Å². The maximum absolute atomic E-state index is 11.9. The van der Waals surface area contributed by atoms with Crippen LogP contribution in [0.25, 0.3) is 0 Å². The van der Waals surface area contributed by atoms with E-state index in [0.29, 0.717) is 4.77 Å². The molecule has 0 radical (unpaired) electrons. The van der Waals surface area contributed by atoms with Crippen LogP contribution in [0.2, 0.25) is 0 Å². The zero-order valence-electron chi connectivity index (χ0n) is 10.5. The largest absolute Gasteiger partial charge is 0.354 e. The molecule has 1 amide bonds. The number of aromatic nitrogens is 2.